The maximum Gasteiger partial charge on any atom is 0.186 e. The Morgan fingerprint density at radius 2 is 2.07 bits per heavy atom. The molecule has 74 valence electrons. The molecule has 0 radical (unpaired) electrons. The second-order valence-electron chi connectivity index (χ2n) is 2.78. The van der Waals surface area contributed by atoms with Crippen LogP contribution in [0.25, 0.3) is 10.1 Å². The summed E-state index contributed by atoms with van der Waals surface area (Å²) < 4.78 is 1.14. The maximum atomic E-state index is 11.3. The molecule has 1 aromatic carbocycles. The van der Waals surface area contributed by atoms with Crippen LogP contribution >= 0.6 is 23.7 Å². The number of fused-ring (bicyclic) bond motifs is 1. The van der Waals surface area contributed by atoms with Gasteiger partial charge in [0.1, 0.15) is 0 Å². The Morgan fingerprint density at radius 1 is 1.36 bits per heavy atom. The fraction of sp³-hybridized carbons (Fsp3) is 0.100. The van der Waals surface area contributed by atoms with Gasteiger partial charge in [-0.05, 0) is 17.5 Å². The van der Waals surface area contributed by atoms with Crippen LogP contribution in [0.2, 0.25) is 0 Å². The van der Waals surface area contributed by atoms with Crippen molar-refractivity contribution in [3.05, 3.63) is 35.2 Å². The minimum absolute atomic E-state index is 0. The second-order valence-corrected chi connectivity index (χ2v) is 3.86. The molecule has 2 N–H and O–H groups in total. The highest BCUT2D eigenvalue weighted by molar-refractivity contribution is 7.20. The van der Waals surface area contributed by atoms with Gasteiger partial charge in [-0.1, -0.05) is 18.2 Å². The van der Waals surface area contributed by atoms with E-state index >= 15 is 0 Å². The van der Waals surface area contributed by atoms with Crippen molar-refractivity contribution in [3.8, 4) is 0 Å². The van der Waals surface area contributed by atoms with Gasteiger partial charge in [-0.2, -0.15) is 0 Å². The first kappa shape index (κ1) is 11.2. The Labute approximate surface area is 92.1 Å². The predicted molar refractivity (Wildman–Crippen MR) is 62.5 cm³/mol. The van der Waals surface area contributed by atoms with E-state index < -0.39 is 0 Å². The smallest absolute Gasteiger partial charge is 0.186 e. The largest absolute Gasteiger partial charge is 0.324 e. The molecule has 0 saturated carbocycles. The molecule has 0 spiro atoms. The van der Waals surface area contributed by atoms with Crippen molar-refractivity contribution in [1.29, 1.82) is 0 Å². The Kier molecular flexibility index (Phi) is 3.63. The average molecular weight is 228 g/mol. The quantitative estimate of drug-likeness (QED) is 0.801. The maximum absolute atomic E-state index is 11.3. The Hall–Kier alpha value is -0.900. The van der Waals surface area contributed by atoms with Gasteiger partial charge in [-0.3, -0.25) is 4.79 Å². The summed E-state index contributed by atoms with van der Waals surface area (Å²) in [4.78, 5) is 12.0. The first-order chi connectivity index (χ1) is 6.31. The third kappa shape index (κ3) is 1.95. The molecular weight excluding hydrogens is 218 g/mol. The fourth-order valence-corrected chi connectivity index (χ4v) is 2.23. The lowest BCUT2D eigenvalue weighted by Gasteiger charge is -1.87. The van der Waals surface area contributed by atoms with Crippen LogP contribution in [0.15, 0.2) is 30.3 Å². The van der Waals surface area contributed by atoms with Gasteiger partial charge >= 0.3 is 0 Å². The Balaban J connectivity index is 0.000000980. The number of rotatable bonds is 2. The standard InChI is InChI=1S/C10H9NOS.ClH/c11-6-8(12)10-5-7-3-1-2-4-9(7)13-10;/h1-5H,6,11H2;1H. The van der Waals surface area contributed by atoms with Gasteiger partial charge in [0.15, 0.2) is 5.78 Å². The SMILES string of the molecule is Cl.NCC(=O)c1cc2ccccc2s1. The minimum atomic E-state index is 0. The number of ketones is 1. The molecule has 0 fully saturated rings. The molecule has 1 aromatic heterocycles. The lowest BCUT2D eigenvalue weighted by Crippen LogP contribution is -2.11. The summed E-state index contributed by atoms with van der Waals surface area (Å²) in [5, 5.41) is 1.12. The first-order valence-electron chi connectivity index (χ1n) is 4.03. The highest BCUT2D eigenvalue weighted by Gasteiger charge is 2.07. The molecule has 0 bridgehead atoms. The van der Waals surface area contributed by atoms with Crippen molar-refractivity contribution in [2.24, 2.45) is 5.73 Å². The molecule has 2 nitrogen and oxygen atoms in total. The molecule has 2 rings (SSSR count). The number of benzene rings is 1. The zero-order valence-corrected chi connectivity index (χ0v) is 9.03. The van der Waals surface area contributed by atoms with Crippen molar-refractivity contribution in [2.75, 3.05) is 6.54 Å². The highest BCUT2D eigenvalue weighted by atomic mass is 35.5. The normalized spacial score (nSPS) is 9.79. The Bertz CT molecular complexity index is 419. The monoisotopic (exact) mass is 227 g/mol. The van der Waals surface area contributed by atoms with Crippen LogP contribution in [0.1, 0.15) is 9.67 Å². The molecule has 14 heavy (non-hydrogen) atoms. The second kappa shape index (κ2) is 4.55. The van der Waals surface area contributed by atoms with E-state index in [-0.39, 0.29) is 24.7 Å². The summed E-state index contributed by atoms with van der Waals surface area (Å²) >= 11 is 1.50. The zero-order valence-electron chi connectivity index (χ0n) is 7.40. The predicted octanol–water partition coefficient (Wildman–Crippen LogP) is 2.46. The number of hydrogen-bond donors (Lipinski definition) is 1. The molecule has 0 atom stereocenters. The van der Waals surface area contributed by atoms with Gasteiger partial charge in [0.2, 0.25) is 0 Å². The number of nitrogens with two attached hydrogens (primary N) is 1. The van der Waals surface area contributed by atoms with Crippen molar-refractivity contribution in [3.63, 3.8) is 0 Å². The third-order valence-electron chi connectivity index (χ3n) is 1.89. The topological polar surface area (TPSA) is 43.1 Å². The van der Waals surface area contributed by atoms with Crippen molar-refractivity contribution >= 4 is 39.6 Å². The van der Waals surface area contributed by atoms with Gasteiger partial charge in [-0.15, -0.1) is 23.7 Å². The molecule has 0 saturated heterocycles. The van der Waals surface area contributed by atoms with E-state index in [1.165, 1.54) is 11.3 Å². The molecule has 0 aliphatic carbocycles. The number of halogens is 1. The van der Waals surface area contributed by atoms with E-state index in [9.17, 15) is 4.79 Å². The van der Waals surface area contributed by atoms with Gasteiger partial charge < -0.3 is 5.73 Å². The number of thiophene rings is 1. The van der Waals surface area contributed by atoms with Crippen LogP contribution in [0.3, 0.4) is 0 Å². The van der Waals surface area contributed by atoms with Gasteiger partial charge in [0, 0.05) is 4.70 Å². The zero-order chi connectivity index (χ0) is 9.26. The highest BCUT2D eigenvalue weighted by Crippen LogP contribution is 2.25. The van der Waals surface area contributed by atoms with E-state index in [1.807, 2.05) is 30.3 Å². The minimum Gasteiger partial charge on any atom is -0.324 e. The molecule has 0 amide bonds. The molecule has 2 aromatic rings. The summed E-state index contributed by atoms with van der Waals surface area (Å²) in [6, 6.07) is 9.84. The summed E-state index contributed by atoms with van der Waals surface area (Å²) in [5.74, 6) is 0.0150. The van der Waals surface area contributed by atoms with Crippen LogP contribution in [-0.2, 0) is 0 Å². The van der Waals surface area contributed by atoms with Crippen LogP contribution in [-0.4, -0.2) is 12.3 Å². The van der Waals surface area contributed by atoms with Crippen LogP contribution in [0.4, 0.5) is 0 Å². The number of Topliss-reactive ketones (excluding diaryl/α,β-unsaturated/α-hetero) is 1. The van der Waals surface area contributed by atoms with Gasteiger partial charge in [0.25, 0.3) is 0 Å². The van der Waals surface area contributed by atoms with Crippen molar-refractivity contribution < 1.29 is 4.79 Å². The summed E-state index contributed by atoms with van der Waals surface area (Å²) in [7, 11) is 0. The molecule has 0 unspecified atom stereocenters. The van der Waals surface area contributed by atoms with E-state index in [0.717, 1.165) is 15.0 Å². The molecule has 4 heteroatoms. The Morgan fingerprint density at radius 3 is 2.71 bits per heavy atom. The lowest BCUT2D eigenvalue weighted by molar-refractivity contribution is 0.101. The van der Waals surface area contributed by atoms with E-state index in [4.69, 9.17) is 5.73 Å². The number of hydrogen-bond acceptors (Lipinski definition) is 3. The molecule has 0 aliphatic rings. The van der Waals surface area contributed by atoms with Crippen LogP contribution in [0.5, 0.6) is 0 Å². The average Bonchev–Trinajstić information content (AvgIpc) is 2.59. The summed E-state index contributed by atoms with van der Waals surface area (Å²) in [6.45, 7) is 0.0901. The van der Waals surface area contributed by atoms with E-state index in [0.29, 0.717) is 0 Å². The number of carbonyl (C=O) groups is 1. The van der Waals surface area contributed by atoms with Gasteiger partial charge in [-0.25, -0.2) is 0 Å². The molecule has 1 heterocycles. The van der Waals surface area contributed by atoms with Crippen LogP contribution in [0, 0.1) is 0 Å². The summed E-state index contributed by atoms with van der Waals surface area (Å²) in [5.41, 5.74) is 5.28. The molecule has 0 aliphatic heterocycles. The molecular formula is C10H10ClNOS. The third-order valence-corrected chi connectivity index (χ3v) is 3.04. The van der Waals surface area contributed by atoms with Crippen molar-refractivity contribution in [1.82, 2.24) is 0 Å². The van der Waals surface area contributed by atoms with E-state index in [1.54, 1.807) is 0 Å². The van der Waals surface area contributed by atoms with Crippen LogP contribution < -0.4 is 5.73 Å². The first-order valence-corrected chi connectivity index (χ1v) is 4.85. The summed E-state index contributed by atoms with van der Waals surface area (Å²) in [6.07, 6.45) is 0. The van der Waals surface area contributed by atoms with E-state index in [2.05, 4.69) is 0 Å². The van der Waals surface area contributed by atoms with Crippen molar-refractivity contribution in [2.45, 2.75) is 0 Å². The van der Waals surface area contributed by atoms with Gasteiger partial charge in [0.05, 0.1) is 11.4 Å². The lowest BCUT2D eigenvalue weighted by atomic mass is 10.2. The fourth-order valence-electron chi connectivity index (χ4n) is 1.22. The number of carbonyl (C=O) groups excluding carboxylic acids is 1.